The Hall–Kier alpha value is -2.70. The van der Waals surface area contributed by atoms with E-state index in [-0.39, 0.29) is 12.3 Å². The highest BCUT2D eigenvalue weighted by atomic mass is 16.7. The number of nitrogens with zero attached hydrogens (tertiary/aromatic N) is 2. The van der Waals surface area contributed by atoms with Crippen molar-refractivity contribution in [2.75, 3.05) is 30.0 Å². The third kappa shape index (κ3) is 4.72. The number of hydrogen-bond acceptors (Lipinski definition) is 4. The first-order chi connectivity index (χ1) is 13.2. The SMILES string of the molecule is CCOC(CN=C1CC(=O)N(c2ccccc2)c2ccccc2N1)OCC. The summed E-state index contributed by atoms with van der Waals surface area (Å²) in [4.78, 5) is 19.3. The van der Waals surface area contributed by atoms with Gasteiger partial charge in [0.2, 0.25) is 5.91 Å². The van der Waals surface area contributed by atoms with Crippen LogP contribution in [0.1, 0.15) is 20.3 Å². The minimum Gasteiger partial charge on any atom is -0.351 e. The molecule has 1 aliphatic rings. The van der Waals surface area contributed by atoms with E-state index in [1.807, 2.05) is 68.4 Å². The monoisotopic (exact) mass is 367 g/mol. The van der Waals surface area contributed by atoms with Crippen molar-refractivity contribution in [2.45, 2.75) is 26.6 Å². The molecule has 6 heteroatoms. The van der Waals surface area contributed by atoms with E-state index in [1.165, 1.54) is 0 Å². The van der Waals surface area contributed by atoms with E-state index in [4.69, 9.17) is 9.47 Å². The van der Waals surface area contributed by atoms with Crippen molar-refractivity contribution in [1.29, 1.82) is 0 Å². The Morgan fingerprint density at radius 2 is 1.70 bits per heavy atom. The van der Waals surface area contributed by atoms with E-state index >= 15 is 0 Å². The fourth-order valence-corrected chi connectivity index (χ4v) is 3.00. The standard InChI is InChI=1S/C21H25N3O3/c1-3-26-21(27-4-2)15-22-19-14-20(25)24(16-10-6-5-7-11-16)18-13-9-8-12-17(18)23-19/h5-13,21H,3-4,14-15H2,1-2H3,(H,22,23). The molecule has 2 aromatic rings. The minimum absolute atomic E-state index is 0.0400. The second-order valence-electron chi connectivity index (χ2n) is 6.01. The summed E-state index contributed by atoms with van der Waals surface area (Å²) in [6, 6.07) is 17.4. The topological polar surface area (TPSA) is 63.2 Å². The van der Waals surface area contributed by atoms with Gasteiger partial charge < -0.3 is 14.8 Å². The van der Waals surface area contributed by atoms with Crippen molar-refractivity contribution in [3.05, 3.63) is 54.6 Å². The Balaban J connectivity index is 1.89. The molecule has 0 atom stereocenters. The van der Waals surface area contributed by atoms with Crippen LogP contribution >= 0.6 is 0 Å². The van der Waals surface area contributed by atoms with E-state index in [1.54, 1.807) is 4.90 Å². The number of hydrogen-bond donors (Lipinski definition) is 1. The molecule has 1 N–H and O–H groups in total. The number of amides is 1. The van der Waals surface area contributed by atoms with E-state index in [0.29, 0.717) is 25.6 Å². The Morgan fingerprint density at radius 1 is 1.04 bits per heavy atom. The molecule has 1 amide bonds. The molecule has 1 heterocycles. The van der Waals surface area contributed by atoms with E-state index < -0.39 is 6.29 Å². The highest BCUT2D eigenvalue weighted by molar-refractivity contribution is 6.18. The molecule has 0 spiro atoms. The van der Waals surface area contributed by atoms with Crippen LogP contribution < -0.4 is 10.2 Å². The Labute approximate surface area is 159 Å². The highest BCUT2D eigenvalue weighted by Crippen LogP contribution is 2.34. The molecule has 6 nitrogen and oxygen atoms in total. The zero-order valence-corrected chi connectivity index (χ0v) is 15.7. The molecule has 1 aliphatic heterocycles. The number of para-hydroxylation sites is 3. The molecule has 0 saturated carbocycles. The lowest BCUT2D eigenvalue weighted by atomic mass is 10.2. The Morgan fingerprint density at radius 3 is 2.41 bits per heavy atom. The molecule has 3 rings (SSSR count). The normalized spacial score (nSPS) is 15.6. The van der Waals surface area contributed by atoms with Gasteiger partial charge in [-0.25, -0.2) is 0 Å². The van der Waals surface area contributed by atoms with Gasteiger partial charge in [-0.1, -0.05) is 30.3 Å². The summed E-state index contributed by atoms with van der Waals surface area (Å²) < 4.78 is 11.1. The smallest absolute Gasteiger partial charge is 0.239 e. The molecule has 2 aromatic carbocycles. The van der Waals surface area contributed by atoms with Gasteiger partial charge in [0.15, 0.2) is 6.29 Å². The van der Waals surface area contributed by atoms with Crippen LogP contribution in [0.4, 0.5) is 17.1 Å². The summed E-state index contributed by atoms with van der Waals surface area (Å²) in [7, 11) is 0. The maximum atomic E-state index is 13.0. The quantitative estimate of drug-likeness (QED) is 0.752. The van der Waals surface area contributed by atoms with Crippen LogP contribution in [0.5, 0.6) is 0 Å². The third-order valence-electron chi connectivity index (χ3n) is 4.14. The summed E-state index contributed by atoms with van der Waals surface area (Å²) in [5.74, 6) is 0.567. The lowest BCUT2D eigenvalue weighted by Crippen LogP contribution is -2.27. The van der Waals surface area contributed by atoms with Gasteiger partial charge in [0, 0.05) is 18.9 Å². The lowest BCUT2D eigenvalue weighted by Gasteiger charge is -2.22. The molecule has 142 valence electrons. The predicted octanol–water partition coefficient (Wildman–Crippen LogP) is 3.96. The van der Waals surface area contributed by atoms with Crippen molar-refractivity contribution in [3.8, 4) is 0 Å². The highest BCUT2D eigenvalue weighted by Gasteiger charge is 2.26. The first kappa shape index (κ1) is 19.1. The molecule has 0 aliphatic carbocycles. The number of anilines is 3. The van der Waals surface area contributed by atoms with Crippen LogP contribution in [0, 0.1) is 0 Å². The first-order valence-corrected chi connectivity index (χ1v) is 9.23. The largest absolute Gasteiger partial charge is 0.351 e. The van der Waals surface area contributed by atoms with Gasteiger partial charge in [-0.2, -0.15) is 0 Å². The van der Waals surface area contributed by atoms with Crippen LogP contribution in [-0.2, 0) is 14.3 Å². The molecule has 27 heavy (non-hydrogen) atoms. The van der Waals surface area contributed by atoms with Gasteiger partial charge in [-0.3, -0.25) is 14.7 Å². The molecule has 0 radical (unpaired) electrons. The van der Waals surface area contributed by atoms with E-state index in [9.17, 15) is 4.79 Å². The number of benzene rings is 2. The summed E-state index contributed by atoms with van der Waals surface area (Å²) in [5, 5.41) is 3.31. The third-order valence-corrected chi connectivity index (χ3v) is 4.14. The Bertz CT molecular complexity index is 786. The molecule has 0 fully saturated rings. The van der Waals surface area contributed by atoms with Crippen molar-refractivity contribution in [3.63, 3.8) is 0 Å². The molecule has 0 saturated heterocycles. The van der Waals surface area contributed by atoms with Crippen LogP contribution in [0.2, 0.25) is 0 Å². The number of fused-ring (bicyclic) bond motifs is 1. The van der Waals surface area contributed by atoms with Gasteiger partial charge in [0.1, 0.15) is 5.84 Å². The van der Waals surface area contributed by atoms with Crippen LogP contribution in [0.25, 0.3) is 0 Å². The van der Waals surface area contributed by atoms with Crippen LogP contribution in [0.15, 0.2) is 59.6 Å². The summed E-state index contributed by atoms with van der Waals surface area (Å²) in [6.45, 7) is 5.27. The number of carbonyl (C=O) groups is 1. The second-order valence-corrected chi connectivity index (χ2v) is 6.01. The maximum Gasteiger partial charge on any atom is 0.239 e. The van der Waals surface area contributed by atoms with Gasteiger partial charge in [-0.15, -0.1) is 0 Å². The zero-order valence-electron chi connectivity index (χ0n) is 15.7. The van der Waals surface area contributed by atoms with Gasteiger partial charge in [-0.05, 0) is 38.1 Å². The number of ether oxygens (including phenoxy) is 2. The number of rotatable bonds is 7. The van der Waals surface area contributed by atoms with Crippen LogP contribution in [0.3, 0.4) is 0 Å². The summed E-state index contributed by atoms with van der Waals surface area (Å²) in [6.07, 6.45) is -0.234. The van der Waals surface area contributed by atoms with Crippen molar-refractivity contribution in [2.24, 2.45) is 4.99 Å². The number of amidine groups is 1. The number of aliphatic imine (C=N–C) groups is 1. The summed E-state index contributed by atoms with van der Waals surface area (Å²) >= 11 is 0. The fraction of sp³-hybridized carbons (Fsp3) is 0.333. The first-order valence-electron chi connectivity index (χ1n) is 9.23. The fourth-order valence-electron chi connectivity index (χ4n) is 3.00. The van der Waals surface area contributed by atoms with Gasteiger partial charge >= 0.3 is 0 Å². The van der Waals surface area contributed by atoms with Gasteiger partial charge in [0.05, 0.1) is 24.3 Å². The molecular formula is C21H25N3O3. The molecule has 0 bridgehead atoms. The predicted molar refractivity (Wildman–Crippen MR) is 108 cm³/mol. The second kappa shape index (κ2) is 9.30. The van der Waals surface area contributed by atoms with Crippen molar-refractivity contribution >= 4 is 28.8 Å². The average molecular weight is 367 g/mol. The van der Waals surface area contributed by atoms with E-state index in [0.717, 1.165) is 17.1 Å². The van der Waals surface area contributed by atoms with Crippen molar-refractivity contribution in [1.82, 2.24) is 0 Å². The summed E-state index contributed by atoms with van der Waals surface area (Å²) in [5.41, 5.74) is 2.49. The molecule has 0 aromatic heterocycles. The lowest BCUT2D eigenvalue weighted by molar-refractivity contribution is -0.128. The zero-order chi connectivity index (χ0) is 19.1. The Kier molecular flexibility index (Phi) is 6.57. The average Bonchev–Trinajstić information content (AvgIpc) is 2.82. The van der Waals surface area contributed by atoms with Crippen LogP contribution in [-0.4, -0.2) is 37.8 Å². The van der Waals surface area contributed by atoms with Crippen molar-refractivity contribution < 1.29 is 14.3 Å². The minimum atomic E-state index is -0.409. The molecule has 0 unspecified atom stereocenters. The molecular weight excluding hydrogens is 342 g/mol. The van der Waals surface area contributed by atoms with Gasteiger partial charge in [0.25, 0.3) is 0 Å². The van der Waals surface area contributed by atoms with E-state index in [2.05, 4.69) is 10.3 Å². The number of nitrogens with one attached hydrogen (secondary N) is 1. The maximum absolute atomic E-state index is 13.0. The number of carbonyl (C=O) groups excluding carboxylic acids is 1.